The lowest BCUT2D eigenvalue weighted by atomic mass is 10.1. The normalized spacial score (nSPS) is 14.5. The van der Waals surface area contributed by atoms with Crippen LogP contribution in [-0.2, 0) is 6.54 Å². The summed E-state index contributed by atoms with van der Waals surface area (Å²) in [4.78, 5) is 17.5. The first-order valence-corrected chi connectivity index (χ1v) is 10.1. The highest BCUT2D eigenvalue weighted by molar-refractivity contribution is 9.10. The lowest BCUT2D eigenvalue weighted by molar-refractivity contribution is 0.310. The first-order chi connectivity index (χ1) is 13.5. The maximum Gasteiger partial charge on any atom is 0.261 e. The van der Waals surface area contributed by atoms with Gasteiger partial charge in [0, 0.05) is 11.6 Å². The van der Waals surface area contributed by atoms with E-state index in [-0.39, 0.29) is 5.56 Å². The average molecular weight is 462 g/mol. The highest BCUT2D eigenvalue weighted by Gasteiger charge is 2.21. The number of hydrogen-bond acceptors (Lipinski definition) is 4. The highest BCUT2D eigenvalue weighted by atomic mass is 79.9. The smallest absolute Gasteiger partial charge is 0.261 e. The van der Waals surface area contributed by atoms with Crippen molar-refractivity contribution in [2.75, 3.05) is 13.7 Å². The molecule has 0 saturated carbocycles. The van der Waals surface area contributed by atoms with E-state index in [9.17, 15) is 4.79 Å². The number of hydrogen-bond donors (Lipinski definition) is 0. The van der Waals surface area contributed by atoms with Crippen LogP contribution in [0.15, 0.2) is 39.6 Å². The lowest BCUT2D eigenvalue weighted by Gasteiger charge is -2.12. The van der Waals surface area contributed by atoms with Crippen LogP contribution in [0.4, 0.5) is 0 Å². The number of nitrogens with zero attached hydrogens (tertiary/aromatic N) is 2. The minimum atomic E-state index is -0.0361. The summed E-state index contributed by atoms with van der Waals surface area (Å²) >= 11 is 9.63. The van der Waals surface area contributed by atoms with Gasteiger partial charge in [0.05, 0.1) is 29.1 Å². The van der Waals surface area contributed by atoms with Gasteiger partial charge in [0.2, 0.25) is 0 Å². The predicted molar refractivity (Wildman–Crippen MR) is 115 cm³/mol. The van der Waals surface area contributed by atoms with Crippen LogP contribution in [0, 0.1) is 0 Å². The first kappa shape index (κ1) is 19.0. The van der Waals surface area contributed by atoms with E-state index in [1.807, 2.05) is 25.1 Å². The zero-order valence-corrected chi connectivity index (χ0v) is 17.8. The molecule has 0 fully saturated rings. The summed E-state index contributed by atoms with van der Waals surface area (Å²) in [6, 6.07) is 9.07. The zero-order chi connectivity index (χ0) is 19.8. The average Bonchev–Trinajstić information content (AvgIpc) is 3.05. The number of methoxy groups -OCH3 is 1. The van der Waals surface area contributed by atoms with Crippen molar-refractivity contribution in [3.8, 4) is 11.5 Å². The fourth-order valence-electron chi connectivity index (χ4n) is 3.46. The Balaban J connectivity index is 1.84. The number of allylic oxidation sites excluding steroid dienone is 1. The highest BCUT2D eigenvalue weighted by Crippen LogP contribution is 2.38. The molecule has 0 aliphatic carbocycles. The van der Waals surface area contributed by atoms with Gasteiger partial charge in [0.25, 0.3) is 5.56 Å². The van der Waals surface area contributed by atoms with Crippen LogP contribution in [0.3, 0.4) is 0 Å². The third-order valence-electron chi connectivity index (χ3n) is 4.69. The lowest BCUT2D eigenvalue weighted by Crippen LogP contribution is -2.20. The molecule has 0 saturated heterocycles. The van der Waals surface area contributed by atoms with E-state index >= 15 is 0 Å². The van der Waals surface area contributed by atoms with Gasteiger partial charge in [-0.3, -0.25) is 9.36 Å². The topological polar surface area (TPSA) is 53.4 Å². The standard InChI is InChI=1S/C21H18BrClN2O3/c1-3-28-18-10-12(9-16(22)19(18)27-2)8-13-6-7-25-20(13)24-17-11-14(23)4-5-15(17)21(25)26/h4-5,8-11H,3,6-7H2,1-2H3/b13-8+. The van der Waals surface area contributed by atoms with Gasteiger partial charge < -0.3 is 9.47 Å². The SMILES string of the molecule is CCOc1cc(/C=C2\CCn3c2nc2cc(Cl)ccc2c3=O)cc(Br)c1OC. The third kappa shape index (κ3) is 3.31. The summed E-state index contributed by atoms with van der Waals surface area (Å²) in [6.45, 7) is 3.08. The molecule has 5 nitrogen and oxygen atoms in total. The Hall–Kier alpha value is -2.31. The van der Waals surface area contributed by atoms with Crippen molar-refractivity contribution >= 4 is 50.1 Å². The number of rotatable bonds is 4. The van der Waals surface area contributed by atoms with E-state index in [0.29, 0.717) is 46.4 Å². The number of benzene rings is 2. The molecular formula is C21H18BrClN2O3. The molecule has 4 rings (SSSR count). The summed E-state index contributed by atoms with van der Waals surface area (Å²) in [6.07, 6.45) is 2.77. The molecule has 0 atom stereocenters. The Labute approximate surface area is 175 Å². The van der Waals surface area contributed by atoms with Gasteiger partial charge in [-0.1, -0.05) is 11.6 Å². The monoisotopic (exact) mass is 460 g/mol. The van der Waals surface area contributed by atoms with E-state index in [2.05, 4.69) is 15.9 Å². The minimum Gasteiger partial charge on any atom is -0.492 e. The Bertz CT molecular complexity index is 1170. The van der Waals surface area contributed by atoms with Gasteiger partial charge in [0.1, 0.15) is 5.82 Å². The molecule has 0 unspecified atom stereocenters. The second-order valence-electron chi connectivity index (χ2n) is 6.44. The summed E-state index contributed by atoms with van der Waals surface area (Å²) < 4.78 is 13.7. The molecule has 0 N–H and O–H groups in total. The maximum absolute atomic E-state index is 12.8. The van der Waals surface area contributed by atoms with Crippen molar-refractivity contribution in [1.29, 1.82) is 0 Å². The molecule has 0 spiro atoms. The van der Waals surface area contributed by atoms with E-state index in [4.69, 9.17) is 26.1 Å². The predicted octanol–water partition coefficient (Wildman–Crippen LogP) is 5.16. The molecule has 144 valence electrons. The van der Waals surface area contributed by atoms with Crippen molar-refractivity contribution in [2.45, 2.75) is 19.9 Å². The maximum atomic E-state index is 12.8. The molecule has 28 heavy (non-hydrogen) atoms. The molecule has 0 radical (unpaired) electrons. The second-order valence-corrected chi connectivity index (χ2v) is 7.73. The van der Waals surface area contributed by atoms with E-state index in [1.54, 1.807) is 29.9 Å². The van der Waals surface area contributed by atoms with Crippen molar-refractivity contribution in [1.82, 2.24) is 9.55 Å². The summed E-state index contributed by atoms with van der Waals surface area (Å²) in [5.74, 6) is 2.01. The fourth-order valence-corrected chi connectivity index (χ4v) is 4.25. The zero-order valence-electron chi connectivity index (χ0n) is 15.5. The van der Waals surface area contributed by atoms with Crippen LogP contribution < -0.4 is 15.0 Å². The quantitative estimate of drug-likeness (QED) is 0.538. The summed E-state index contributed by atoms with van der Waals surface area (Å²) in [5.41, 5.74) is 2.52. The summed E-state index contributed by atoms with van der Waals surface area (Å²) in [7, 11) is 1.61. The molecule has 1 aliphatic rings. The molecule has 2 aromatic carbocycles. The van der Waals surface area contributed by atoms with E-state index in [1.165, 1.54) is 0 Å². The number of ether oxygens (including phenoxy) is 2. The summed E-state index contributed by atoms with van der Waals surface area (Å²) in [5, 5.41) is 1.15. The van der Waals surface area contributed by atoms with Gasteiger partial charge in [-0.05, 0) is 76.8 Å². The Morgan fingerprint density at radius 1 is 1.32 bits per heavy atom. The van der Waals surface area contributed by atoms with E-state index < -0.39 is 0 Å². The number of aromatic nitrogens is 2. The first-order valence-electron chi connectivity index (χ1n) is 8.93. The molecule has 1 aliphatic heterocycles. The number of fused-ring (bicyclic) bond motifs is 2. The molecule has 2 heterocycles. The van der Waals surface area contributed by atoms with Gasteiger partial charge in [-0.25, -0.2) is 4.98 Å². The van der Waals surface area contributed by atoms with Crippen LogP contribution >= 0.6 is 27.5 Å². The third-order valence-corrected chi connectivity index (χ3v) is 5.51. The molecular weight excluding hydrogens is 444 g/mol. The second kappa shape index (κ2) is 7.60. The Kier molecular flexibility index (Phi) is 5.17. The van der Waals surface area contributed by atoms with Crippen molar-refractivity contribution in [2.24, 2.45) is 0 Å². The Morgan fingerprint density at radius 2 is 2.14 bits per heavy atom. The van der Waals surface area contributed by atoms with Crippen LogP contribution in [-0.4, -0.2) is 23.3 Å². The minimum absolute atomic E-state index is 0.0361. The largest absolute Gasteiger partial charge is 0.492 e. The van der Waals surface area contributed by atoms with Gasteiger partial charge >= 0.3 is 0 Å². The van der Waals surface area contributed by atoms with Crippen molar-refractivity contribution in [3.63, 3.8) is 0 Å². The van der Waals surface area contributed by atoms with Gasteiger partial charge in [-0.2, -0.15) is 0 Å². The van der Waals surface area contributed by atoms with Gasteiger partial charge in [-0.15, -0.1) is 0 Å². The van der Waals surface area contributed by atoms with Gasteiger partial charge in [0.15, 0.2) is 11.5 Å². The van der Waals surface area contributed by atoms with E-state index in [0.717, 1.165) is 22.0 Å². The van der Waals surface area contributed by atoms with Crippen LogP contribution in [0.5, 0.6) is 11.5 Å². The van der Waals surface area contributed by atoms with Crippen LogP contribution in [0.2, 0.25) is 5.02 Å². The molecule has 3 aromatic rings. The molecule has 1 aromatic heterocycles. The van der Waals surface area contributed by atoms with Crippen LogP contribution in [0.25, 0.3) is 22.6 Å². The molecule has 7 heteroatoms. The fraction of sp³-hybridized carbons (Fsp3) is 0.238. The molecule has 0 bridgehead atoms. The van der Waals surface area contributed by atoms with Crippen molar-refractivity contribution < 1.29 is 9.47 Å². The van der Waals surface area contributed by atoms with Crippen LogP contribution in [0.1, 0.15) is 24.7 Å². The number of halogens is 2. The molecule has 0 amide bonds. The van der Waals surface area contributed by atoms with Crippen molar-refractivity contribution in [3.05, 3.63) is 61.6 Å². The Morgan fingerprint density at radius 3 is 2.89 bits per heavy atom.